The first-order valence-corrected chi connectivity index (χ1v) is 6.92. The van der Waals surface area contributed by atoms with Crippen LogP contribution in [0.2, 0.25) is 0 Å². The molecule has 0 aliphatic heterocycles. The van der Waals surface area contributed by atoms with E-state index < -0.39 is 0 Å². The van der Waals surface area contributed by atoms with Gasteiger partial charge in [0.15, 0.2) is 0 Å². The zero-order valence-corrected chi connectivity index (χ0v) is 12.4. The van der Waals surface area contributed by atoms with Crippen molar-refractivity contribution in [2.75, 3.05) is 7.11 Å². The number of benzene rings is 1. The minimum atomic E-state index is -0.258. The van der Waals surface area contributed by atoms with Crippen LogP contribution in [0.1, 0.15) is 61.0 Å². The summed E-state index contributed by atoms with van der Waals surface area (Å²) < 4.78 is 4.84. The molecule has 0 saturated carbocycles. The second kappa shape index (κ2) is 7.29. The first-order valence-electron chi connectivity index (χ1n) is 6.92. The van der Waals surface area contributed by atoms with Crippen molar-refractivity contribution in [1.29, 1.82) is 0 Å². The van der Waals surface area contributed by atoms with E-state index in [1.807, 2.05) is 19.1 Å². The smallest absolute Gasteiger partial charge is 0.338 e. The highest BCUT2D eigenvalue weighted by Crippen LogP contribution is 2.21. The molecule has 2 N–H and O–H groups in total. The molecule has 1 rings (SSSR count). The van der Waals surface area contributed by atoms with Crippen LogP contribution in [0.3, 0.4) is 0 Å². The third-order valence-corrected chi connectivity index (χ3v) is 3.31. The highest BCUT2D eigenvalue weighted by atomic mass is 16.5. The molecular formula is C16H25NO2. The zero-order valence-electron chi connectivity index (χ0n) is 12.4. The molecule has 19 heavy (non-hydrogen) atoms. The van der Waals surface area contributed by atoms with Gasteiger partial charge in [0, 0.05) is 6.04 Å². The Bertz CT molecular complexity index is 425. The Morgan fingerprint density at radius 3 is 2.53 bits per heavy atom. The molecule has 3 nitrogen and oxygen atoms in total. The minimum Gasteiger partial charge on any atom is -0.465 e. The SMILES string of the molecule is COC(=O)c1ccc(C(C)C)cc1CCC[C@H](C)N. The lowest BCUT2D eigenvalue weighted by Gasteiger charge is -2.13. The van der Waals surface area contributed by atoms with Gasteiger partial charge in [-0.3, -0.25) is 0 Å². The van der Waals surface area contributed by atoms with Crippen molar-refractivity contribution in [3.63, 3.8) is 0 Å². The van der Waals surface area contributed by atoms with Crippen LogP contribution in [-0.4, -0.2) is 19.1 Å². The molecule has 0 bridgehead atoms. The van der Waals surface area contributed by atoms with Crippen molar-refractivity contribution in [3.8, 4) is 0 Å². The van der Waals surface area contributed by atoms with Gasteiger partial charge in [-0.05, 0) is 49.3 Å². The van der Waals surface area contributed by atoms with Crippen molar-refractivity contribution in [3.05, 3.63) is 34.9 Å². The Labute approximate surface area is 116 Å². The summed E-state index contributed by atoms with van der Waals surface area (Å²) in [6, 6.07) is 6.21. The van der Waals surface area contributed by atoms with Crippen LogP contribution in [0.25, 0.3) is 0 Å². The van der Waals surface area contributed by atoms with Gasteiger partial charge in [-0.2, -0.15) is 0 Å². The fraction of sp³-hybridized carbons (Fsp3) is 0.562. The second-order valence-electron chi connectivity index (χ2n) is 5.43. The molecule has 0 aliphatic rings. The van der Waals surface area contributed by atoms with E-state index in [0.717, 1.165) is 24.8 Å². The zero-order chi connectivity index (χ0) is 14.4. The number of methoxy groups -OCH3 is 1. The van der Waals surface area contributed by atoms with Gasteiger partial charge in [0.25, 0.3) is 0 Å². The number of nitrogens with two attached hydrogens (primary N) is 1. The van der Waals surface area contributed by atoms with E-state index in [2.05, 4.69) is 19.9 Å². The van der Waals surface area contributed by atoms with E-state index in [4.69, 9.17) is 10.5 Å². The molecule has 106 valence electrons. The van der Waals surface area contributed by atoms with Crippen molar-refractivity contribution >= 4 is 5.97 Å². The summed E-state index contributed by atoms with van der Waals surface area (Å²) in [5.74, 6) is 0.199. The highest BCUT2D eigenvalue weighted by molar-refractivity contribution is 5.91. The molecule has 0 amide bonds. The lowest BCUT2D eigenvalue weighted by Crippen LogP contribution is -2.15. The van der Waals surface area contributed by atoms with Gasteiger partial charge in [-0.25, -0.2) is 4.79 Å². The standard InChI is InChI=1S/C16H25NO2/c1-11(2)13-8-9-15(16(18)19-4)14(10-13)7-5-6-12(3)17/h8-12H,5-7,17H2,1-4H3/t12-/m0/s1. The summed E-state index contributed by atoms with van der Waals surface area (Å²) in [7, 11) is 1.42. The summed E-state index contributed by atoms with van der Waals surface area (Å²) in [6.07, 6.45) is 2.82. The predicted molar refractivity (Wildman–Crippen MR) is 78.5 cm³/mol. The summed E-state index contributed by atoms with van der Waals surface area (Å²) in [4.78, 5) is 11.8. The lowest BCUT2D eigenvalue weighted by molar-refractivity contribution is 0.0599. The van der Waals surface area contributed by atoms with Crippen LogP contribution in [0.4, 0.5) is 0 Å². The van der Waals surface area contributed by atoms with Gasteiger partial charge in [-0.15, -0.1) is 0 Å². The monoisotopic (exact) mass is 263 g/mol. The molecule has 0 heterocycles. The van der Waals surface area contributed by atoms with E-state index in [1.165, 1.54) is 12.7 Å². The fourth-order valence-electron chi connectivity index (χ4n) is 2.10. The molecule has 0 saturated heterocycles. The van der Waals surface area contributed by atoms with Gasteiger partial charge < -0.3 is 10.5 Å². The minimum absolute atomic E-state index is 0.204. The van der Waals surface area contributed by atoms with Crippen LogP contribution < -0.4 is 5.73 Å². The third kappa shape index (κ3) is 4.67. The maximum atomic E-state index is 11.8. The Kier molecular flexibility index (Phi) is 6.03. The summed E-state index contributed by atoms with van der Waals surface area (Å²) in [6.45, 7) is 6.31. The molecular weight excluding hydrogens is 238 g/mol. The normalized spacial score (nSPS) is 12.5. The molecule has 0 spiro atoms. The van der Waals surface area contributed by atoms with Crippen molar-refractivity contribution in [2.24, 2.45) is 5.73 Å². The molecule has 1 aromatic carbocycles. The summed E-state index contributed by atoms with van der Waals surface area (Å²) in [5, 5.41) is 0. The summed E-state index contributed by atoms with van der Waals surface area (Å²) in [5.41, 5.74) is 8.77. The highest BCUT2D eigenvalue weighted by Gasteiger charge is 2.13. The Hall–Kier alpha value is -1.35. The van der Waals surface area contributed by atoms with Crippen molar-refractivity contribution in [1.82, 2.24) is 0 Å². The van der Waals surface area contributed by atoms with E-state index in [0.29, 0.717) is 11.5 Å². The van der Waals surface area contributed by atoms with Crippen LogP contribution in [0, 0.1) is 0 Å². The Morgan fingerprint density at radius 2 is 2.00 bits per heavy atom. The van der Waals surface area contributed by atoms with E-state index in [1.54, 1.807) is 0 Å². The van der Waals surface area contributed by atoms with Crippen LogP contribution in [0.5, 0.6) is 0 Å². The Balaban J connectivity index is 2.94. The molecule has 1 atom stereocenters. The first kappa shape index (κ1) is 15.7. The van der Waals surface area contributed by atoms with E-state index >= 15 is 0 Å². The van der Waals surface area contributed by atoms with Gasteiger partial charge >= 0.3 is 5.97 Å². The quantitative estimate of drug-likeness (QED) is 0.801. The number of carbonyl (C=O) groups is 1. The number of hydrogen-bond donors (Lipinski definition) is 1. The lowest BCUT2D eigenvalue weighted by atomic mass is 9.94. The third-order valence-electron chi connectivity index (χ3n) is 3.31. The molecule has 0 fully saturated rings. The number of hydrogen-bond acceptors (Lipinski definition) is 3. The maximum absolute atomic E-state index is 11.8. The fourth-order valence-corrected chi connectivity index (χ4v) is 2.10. The molecule has 3 heteroatoms. The largest absolute Gasteiger partial charge is 0.465 e. The van der Waals surface area contributed by atoms with Gasteiger partial charge in [-0.1, -0.05) is 26.0 Å². The molecule has 1 aromatic rings. The van der Waals surface area contributed by atoms with E-state index in [9.17, 15) is 4.79 Å². The number of esters is 1. The van der Waals surface area contributed by atoms with E-state index in [-0.39, 0.29) is 12.0 Å². The second-order valence-corrected chi connectivity index (χ2v) is 5.43. The molecule has 0 aromatic heterocycles. The number of rotatable bonds is 6. The molecule has 0 aliphatic carbocycles. The van der Waals surface area contributed by atoms with Crippen LogP contribution in [-0.2, 0) is 11.2 Å². The Morgan fingerprint density at radius 1 is 1.32 bits per heavy atom. The van der Waals surface area contributed by atoms with Gasteiger partial charge in [0.05, 0.1) is 12.7 Å². The summed E-state index contributed by atoms with van der Waals surface area (Å²) >= 11 is 0. The first-order chi connectivity index (χ1) is 8.95. The van der Waals surface area contributed by atoms with Crippen LogP contribution >= 0.6 is 0 Å². The maximum Gasteiger partial charge on any atom is 0.338 e. The predicted octanol–water partition coefficient (Wildman–Crippen LogP) is 3.27. The van der Waals surface area contributed by atoms with Crippen LogP contribution in [0.15, 0.2) is 18.2 Å². The molecule has 0 radical (unpaired) electrons. The number of ether oxygens (including phenoxy) is 1. The van der Waals surface area contributed by atoms with Crippen molar-refractivity contribution < 1.29 is 9.53 Å². The topological polar surface area (TPSA) is 52.3 Å². The van der Waals surface area contributed by atoms with Crippen molar-refractivity contribution in [2.45, 2.75) is 52.0 Å². The van der Waals surface area contributed by atoms with Gasteiger partial charge in [0.2, 0.25) is 0 Å². The number of aryl methyl sites for hydroxylation is 1. The average Bonchev–Trinajstić information content (AvgIpc) is 2.37. The van der Waals surface area contributed by atoms with Gasteiger partial charge in [0.1, 0.15) is 0 Å². The molecule has 0 unspecified atom stereocenters. The average molecular weight is 263 g/mol. The number of carbonyl (C=O) groups excluding carboxylic acids is 1.